The number of aromatic amines is 1. The molecule has 2 rings (SSSR count). The Balaban J connectivity index is 1.95. The van der Waals surface area contributed by atoms with Crippen LogP contribution in [-0.4, -0.2) is 46.0 Å². The van der Waals surface area contributed by atoms with E-state index in [1.54, 1.807) is 0 Å². The number of hydrogen-bond acceptors (Lipinski definition) is 5. The van der Waals surface area contributed by atoms with Crippen LogP contribution in [0, 0.1) is 0 Å². The Morgan fingerprint density at radius 1 is 1.56 bits per heavy atom. The molecule has 4 N–H and O–H groups in total. The topological polar surface area (TPSA) is 91.1 Å². The molecule has 1 aliphatic heterocycles. The lowest BCUT2D eigenvalue weighted by Crippen LogP contribution is -2.43. The number of piperidine rings is 1. The van der Waals surface area contributed by atoms with Gasteiger partial charge in [-0.2, -0.15) is 4.98 Å². The summed E-state index contributed by atoms with van der Waals surface area (Å²) in [5.74, 6) is 1.58. The van der Waals surface area contributed by atoms with Gasteiger partial charge < -0.3 is 15.7 Å². The van der Waals surface area contributed by atoms with Gasteiger partial charge in [0.15, 0.2) is 0 Å². The maximum Gasteiger partial charge on any atom is 0.244 e. The van der Waals surface area contributed by atoms with Crippen molar-refractivity contribution >= 4 is 5.95 Å². The zero-order valence-electron chi connectivity index (χ0n) is 9.39. The van der Waals surface area contributed by atoms with Crippen LogP contribution in [0.2, 0.25) is 0 Å². The van der Waals surface area contributed by atoms with Crippen LogP contribution < -0.4 is 10.6 Å². The molecule has 0 aliphatic carbocycles. The number of rotatable bonds is 4. The van der Waals surface area contributed by atoms with E-state index in [9.17, 15) is 0 Å². The quantitative estimate of drug-likeness (QED) is 0.652. The van der Waals surface area contributed by atoms with Crippen molar-refractivity contribution < 1.29 is 5.11 Å². The van der Waals surface area contributed by atoms with Crippen LogP contribution in [0.4, 0.5) is 5.95 Å². The molecule has 1 aromatic heterocycles. The van der Waals surface area contributed by atoms with Crippen LogP contribution in [0.5, 0.6) is 0 Å². The molecule has 1 saturated heterocycles. The van der Waals surface area contributed by atoms with Gasteiger partial charge in [0, 0.05) is 32.2 Å². The van der Waals surface area contributed by atoms with Crippen molar-refractivity contribution in [2.45, 2.75) is 31.7 Å². The maximum absolute atomic E-state index is 8.73. The highest BCUT2D eigenvalue weighted by Crippen LogP contribution is 2.14. The number of aliphatic hydroxyl groups is 1. The molecule has 1 unspecified atom stereocenters. The first-order valence-electron chi connectivity index (χ1n) is 5.82. The number of hydrogen-bond donors (Lipinski definition) is 3. The van der Waals surface area contributed by atoms with E-state index in [0.29, 0.717) is 6.42 Å². The van der Waals surface area contributed by atoms with Crippen molar-refractivity contribution in [3.8, 4) is 0 Å². The summed E-state index contributed by atoms with van der Waals surface area (Å²) in [5.41, 5.74) is 5.91. The van der Waals surface area contributed by atoms with Crippen LogP contribution in [0.25, 0.3) is 0 Å². The van der Waals surface area contributed by atoms with E-state index in [1.807, 2.05) is 0 Å². The van der Waals surface area contributed by atoms with Crippen molar-refractivity contribution in [3.05, 3.63) is 5.82 Å². The molecule has 0 aromatic carbocycles. The van der Waals surface area contributed by atoms with Crippen LogP contribution in [-0.2, 0) is 6.42 Å². The SMILES string of the molecule is NC1CCCN(c2n[nH]c(CCCO)n2)C1. The highest BCUT2D eigenvalue weighted by Gasteiger charge is 2.19. The Kier molecular flexibility index (Phi) is 3.74. The van der Waals surface area contributed by atoms with Crippen molar-refractivity contribution in [1.82, 2.24) is 15.2 Å². The lowest BCUT2D eigenvalue weighted by atomic mass is 10.1. The molecule has 16 heavy (non-hydrogen) atoms. The molecule has 1 aromatic rings. The van der Waals surface area contributed by atoms with Gasteiger partial charge in [0.2, 0.25) is 5.95 Å². The lowest BCUT2D eigenvalue weighted by Gasteiger charge is -2.29. The summed E-state index contributed by atoms with van der Waals surface area (Å²) in [7, 11) is 0. The molecule has 1 aliphatic rings. The second-order valence-electron chi connectivity index (χ2n) is 4.26. The van der Waals surface area contributed by atoms with Gasteiger partial charge in [-0.1, -0.05) is 0 Å². The molecule has 2 heterocycles. The van der Waals surface area contributed by atoms with E-state index in [-0.39, 0.29) is 12.6 Å². The second-order valence-corrected chi connectivity index (χ2v) is 4.26. The van der Waals surface area contributed by atoms with Gasteiger partial charge in [0.1, 0.15) is 5.82 Å². The number of aromatic nitrogens is 3. The highest BCUT2D eigenvalue weighted by molar-refractivity contribution is 5.29. The number of H-pyrrole nitrogens is 1. The highest BCUT2D eigenvalue weighted by atomic mass is 16.2. The Hall–Kier alpha value is -1.14. The van der Waals surface area contributed by atoms with Gasteiger partial charge in [-0.15, -0.1) is 5.10 Å². The zero-order valence-corrected chi connectivity index (χ0v) is 9.39. The molecular formula is C10H19N5O. The lowest BCUT2D eigenvalue weighted by molar-refractivity contribution is 0.287. The average molecular weight is 225 g/mol. The summed E-state index contributed by atoms with van der Waals surface area (Å²) in [5, 5.41) is 15.8. The molecule has 0 amide bonds. The number of nitrogens with two attached hydrogens (primary N) is 1. The second kappa shape index (κ2) is 5.27. The first kappa shape index (κ1) is 11.3. The molecule has 1 fully saturated rings. The fourth-order valence-corrected chi connectivity index (χ4v) is 1.98. The Morgan fingerprint density at radius 2 is 2.44 bits per heavy atom. The first-order valence-corrected chi connectivity index (χ1v) is 5.82. The van der Waals surface area contributed by atoms with Crippen LogP contribution in [0.3, 0.4) is 0 Å². The number of aryl methyl sites for hydroxylation is 1. The third kappa shape index (κ3) is 2.70. The van der Waals surface area contributed by atoms with Gasteiger partial charge >= 0.3 is 0 Å². The molecule has 0 radical (unpaired) electrons. The fraction of sp³-hybridized carbons (Fsp3) is 0.800. The van der Waals surface area contributed by atoms with Crippen molar-refractivity contribution in [2.24, 2.45) is 5.73 Å². The molecule has 1 atom stereocenters. The fourth-order valence-electron chi connectivity index (χ4n) is 1.98. The van der Waals surface area contributed by atoms with E-state index >= 15 is 0 Å². The van der Waals surface area contributed by atoms with Crippen molar-refractivity contribution in [2.75, 3.05) is 24.6 Å². The van der Waals surface area contributed by atoms with Crippen LogP contribution in [0.15, 0.2) is 0 Å². The van der Waals surface area contributed by atoms with E-state index in [2.05, 4.69) is 20.1 Å². The molecule has 6 nitrogen and oxygen atoms in total. The molecule has 6 heteroatoms. The number of aliphatic hydroxyl groups excluding tert-OH is 1. The standard InChI is InChI=1S/C10H19N5O/c11-8-3-1-5-15(7-8)10-12-9(13-14-10)4-2-6-16/h8,16H,1-7,11H2,(H,12,13,14). The minimum absolute atomic E-state index is 0.185. The van der Waals surface area contributed by atoms with Crippen LogP contribution >= 0.6 is 0 Å². The molecule has 0 spiro atoms. The average Bonchev–Trinajstić information content (AvgIpc) is 2.75. The third-order valence-electron chi connectivity index (χ3n) is 2.83. The Morgan fingerprint density at radius 3 is 3.19 bits per heavy atom. The predicted molar refractivity (Wildman–Crippen MR) is 61.2 cm³/mol. The normalized spacial score (nSPS) is 21.4. The van der Waals surface area contributed by atoms with Gasteiger partial charge in [0.25, 0.3) is 0 Å². The predicted octanol–water partition coefficient (Wildman–Crippen LogP) is -0.343. The monoisotopic (exact) mass is 225 g/mol. The third-order valence-corrected chi connectivity index (χ3v) is 2.83. The summed E-state index contributed by atoms with van der Waals surface area (Å²) in [4.78, 5) is 6.52. The maximum atomic E-state index is 8.73. The van der Waals surface area contributed by atoms with Gasteiger partial charge in [-0.25, -0.2) is 0 Å². The summed E-state index contributed by atoms with van der Waals surface area (Å²) in [6.45, 7) is 1.99. The van der Waals surface area contributed by atoms with E-state index in [4.69, 9.17) is 10.8 Å². The first-order chi connectivity index (χ1) is 7.79. The van der Waals surface area contributed by atoms with Crippen molar-refractivity contribution in [1.29, 1.82) is 0 Å². The number of anilines is 1. The Bertz CT molecular complexity index is 327. The number of nitrogens with zero attached hydrogens (tertiary/aromatic N) is 3. The molecule has 0 bridgehead atoms. The summed E-state index contributed by atoms with van der Waals surface area (Å²) in [6.07, 6.45) is 3.64. The smallest absolute Gasteiger partial charge is 0.244 e. The van der Waals surface area contributed by atoms with Crippen LogP contribution in [0.1, 0.15) is 25.1 Å². The summed E-state index contributed by atoms with van der Waals surface area (Å²) >= 11 is 0. The minimum Gasteiger partial charge on any atom is -0.396 e. The van der Waals surface area contributed by atoms with E-state index in [1.165, 1.54) is 0 Å². The molecular weight excluding hydrogens is 206 g/mol. The summed E-state index contributed by atoms with van der Waals surface area (Å²) in [6, 6.07) is 0.230. The van der Waals surface area contributed by atoms with E-state index < -0.39 is 0 Å². The Labute approximate surface area is 94.9 Å². The molecule has 0 saturated carbocycles. The largest absolute Gasteiger partial charge is 0.396 e. The minimum atomic E-state index is 0.185. The van der Waals surface area contributed by atoms with Gasteiger partial charge in [-0.3, -0.25) is 5.10 Å². The van der Waals surface area contributed by atoms with Gasteiger partial charge in [0.05, 0.1) is 0 Å². The van der Waals surface area contributed by atoms with Crippen molar-refractivity contribution in [3.63, 3.8) is 0 Å². The molecule has 90 valence electrons. The zero-order chi connectivity index (χ0) is 11.4. The van der Waals surface area contributed by atoms with E-state index in [0.717, 1.165) is 44.1 Å². The number of nitrogens with one attached hydrogen (secondary N) is 1. The van der Waals surface area contributed by atoms with Gasteiger partial charge in [-0.05, 0) is 19.3 Å². The summed E-state index contributed by atoms with van der Waals surface area (Å²) < 4.78 is 0.